The van der Waals surface area contributed by atoms with Gasteiger partial charge in [0.15, 0.2) is 18.3 Å². The summed E-state index contributed by atoms with van der Waals surface area (Å²) in [5.74, 6) is -5.26. The fourth-order valence-corrected chi connectivity index (χ4v) is 4.87. The van der Waals surface area contributed by atoms with E-state index in [0.717, 1.165) is 47.1 Å². The van der Waals surface area contributed by atoms with Crippen LogP contribution in [0.3, 0.4) is 0 Å². The second kappa shape index (κ2) is 14.8. The van der Waals surface area contributed by atoms with E-state index in [9.17, 15) is 33.6 Å². The molecule has 0 radical (unpaired) electrons. The smallest absolute Gasteiger partial charge is 0.339 e. The fraction of sp³-hybridized carbons (Fsp3) is 0.344. The predicted molar refractivity (Wildman–Crippen MR) is 159 cm³/mol. The van der Waals surface area contributed by atoms with E-state index in [-0.39, 0.29) is 33.8 Å². The Hall–Kier alpha value is -5.77. The topological polar surface area (TPSA) is 206 Å². The van der Waals surface area contributed by atoms with Crippen LogP contribution in [0.4, 0.5) is 0 Å². The summed E-state index contributed by atoms with van der Waals surface area (Å²) >= 11 is 0. The van der Waals surface area contributed by atoms with Gasteiger partial charge in [-0.25, -0.2) is 4.79 Å². The summed E-state index contributed by atoms with van der Waals surface area (Å²) in [6.07, 6.45) is -7.21. The number of methoxy groups -OCH3 is 1. The standard InChI is InChI=1S/C32H30O16/c1-14(33)42-20-9-7-19(8-10-20)22-13-41-23-11-21(12-24(43-15(2)34)25(23)26(22)38)47-32-30(46-18(5)37)28(45-17(4)36)27(44-16(3)35)29(48-32)31(39)40-6/h7-13,27-30,32H,1-6H3/t27-,28-,29-,30+,32+/m0/s1. The molecule has 3 aromatic rings. The molecular formula is C32H30O16. The number of hydrogen-bond acceptors (Lipinski definition) is 16. The summed E-state index contributed by atoms with van der Waals surface area (Å²) in [6, 6.07) is 8.38. The zero-order chi connectivity index (χ0) is 35.3. The zero-order valence-corrected chi connectivity index (χ0v) is 26.5. The Labute approximate surface area is 271 Å². The van der Waals surface area contributed by atoms with Gasteiger partial charge in [0.05, 0.1) is 12.7 Å². The van der Waals surface area contributed by atoms with Crippen LogP contribution in [0.1, 0.15) is 34.6 Å². The van der Waals surface area contributed by atoms with E-state index >= 15 is 0 Å². The molecule has 0 aliphatic carbocycles. The summed E-state index contributed by atoms with van der Waals surface area (Å²) in [5.41, 5.74) is -0.252. The highest BCUT2D eigenvalue weighted by Gasteiger charge is 2.56. The lowest BCUT2D eigenvalue weighted by Gasteiger charge is -2.43. The first-order valence-corrected chi connectivity index (χ1v) is 14.2. The molecule has 4 rings (SSSR count). The van der Waals surface area contributed by atoms with Gasteiger partial charge in [-0.3, -0.25) is 28.8 Å². The molecule has 0 bridgehead atoms. The molecule has 1 aromatic heterocycles. The van der Waals surface area contributed by atoms with Crippen molar-refractivity contribution in [3.63, 3.8) is 0 Å². The molecule has 1 aliphatic heterocycles. The molecule has 0 unspecified atom stereocenters. The first-order valence-electron chi connectivity index (χ1n) is 14.2. The highest BCUT2D eigenvalue weighted by Crippen LogP contribution is 2.35. The molecule has 1 saturated heterocycles. The molecule has 16 nitrogen and oxygen atoms in total. The van der Waals surface area contributed by atoms with E-state index in [1.54, 1.807) is 0 Å². The van der Waals surface area contributed by atoms with Crippen LogP contribution in [0.15, 0.2) is 51.9 Å². The maximum atomic E-state index is 13.7. The molecule has 1 aliphatic rings. The minimum Gasteiger partial charge on any atom is -0.467 e. The molecule has 1 fully saturated rings. The molecule has 0 saturated carbocycles. The number of hydrogen-bond donors (Lipinski definition) is 0. The second-order valence-electron chi connectivity index (χ2n) is 10.3. The molecule has 2 heterocycles. The molecular weight excluding hydrogens is 640 g/mol. The van der Waals surface area contributed by atoms with E-state index in [4.69, 9.17) is 42.3 Å². The van der Waals surface area contributed by atoms with Gasteiger partial charge < -0.3 is 42.3 Å². The van der Waals surface area contributed by atoms with Crippen LogP contribution in [-0.4, -0.2) is 73.6 Å². The lowest BCUT2D eigenvalue weighted by Crippen LogP contribution is -2.64. The quantitative estimate of drug-likeness (QED) is 0.182. The molecule has 0 N–H and O–H groups in total. The number of benzene rings is 2. The summed E-state index contributed by atoms with van der Waals surface area (Å²) in [7, 11) is 1.03. The molecule has 254 valence electrons. The summed E-state index contributed by atoms with van der Waals surface area (Å²) < 4.78 is 48.6. The number of rotatable bonds is 9. The zero-order valence-electron chi connectivity index (χ0n) is 26.5. The molecule has 16 heteroatoms. The van der Waals surface area contributed by atoms with Crippen molar-refractivity contribution in [1.29, 1.82) is 0 Å². The van der Waals surface area contributed by atoms with Crippen LogP contribution in [0.25, 0.3) is 22.1 Å². The van der Waals surface area contributed by atoms with E-state index in [1.165, 1.54) is 37.3 Å². The van der Waals surface area contributed by atoms with Crippen molar-refractivity contribution in [1.82, 2.24) is 0 Å². The highest BCUT2D eigenvalue weighted by molar-refractivity contribution is 5.90. The van der Waals surface area contributed by atoms with Crippen LogP contribution in [0.2, 0.25) is 0 Å². The largest absolute Gasteiger partial charge is 0.467 e. The van der Waals surface area contributed by atoms with E-state index < -0.39 is 72.0 Å². The maximum absolute atomic E-state index is 13.7. The van der Waals surface area contributed by atoms with Gasteiger partial charge in [-0.15, -0.1) is 0 Å². The third kappa shape index (κ3) is 8.14. The SMILES string of the molecule is COC(=O)[C@H]1O[C@@H](Oc2cc(OC(C)=O)c3c(=O)c(-c4ccc(OC(C)=O)cc4)coc3c2)[C@H](OC(C)=O)[C@@H](OC(C)=O)[C@@H]1OC(C)=O. The van der Waals surface area contributed by atoms with E-state index in [1.807, 2.05) is 0 Å². The first kappa shape index (κ1) is 35.1. The van der Waals surface area contributed by atoms with Gasteiger partial charge in [0.2, 0.25) is 17.8 Å². The highest BCUT2D eigenvalue weighted by atomic mass is 16.7. The minimum absolute atomic E-state index is 0.0751. The fourth-order valence-electron chi connectivity index (χ4n) is 4.87. The van der Waals surface area contributed by atoms with Crippen molar-refractivity contribution in [2.45, 2.75) is 65.3 Å². The third-order valence-electron chi connectivity index (χ3n) is 6.58. The Balaban J connectivity index is 1.81. The third-order valence-corrected chi connectivity index (χ3v) is 6.58. The Bertz CT molecular complexity index is 1810. The average Bonchev–Trinajstić information content (AvgIpc) is 2.99. The molecule has 48 heavy (non-hydrogen) atoms. The van der Waals surface area contributed by atoms with Gasteiger partial charge in [-0.2, -0.15) is 0 Å². The molecule has 0 amide bonds. The summed E-state index contributed by atoms with van der Waals surface area (Å²) in [4.78, 5) is 85.9. The molecule has 2 aromatic carbocycles. The van der Waals surface area contributed by atoms with Gasteiger partial charge in [-0.05, 0) is 17.7 Å². The van der Waals surface area contributed by atoms with Crippen LogP contribution >= 0.6 is 0 Å². The van der Waals surface area contributed by atoms with Gasteiger partial charge in [0.1, 0.15) is 34.5 Å². The Morgan fingerprint density at radius 1 is 0.688 bits per heavy atom. The van der Waals surface area contributed by atoms with E-state index in [2.05, 4.69) is 0 Å². The van der Waals surface area contributed by atoms with Crippen LogP contribution < -0.4 is 19.6 Å². The second-order valence-corrected chi connectivity index (χ2v) is 10.3. The number of esters is 6. The summed E-state index contributed by atoms with van der Waals surface area (Å²) in [5, 5.41) is -0.152. The van der Waals surface area contributed by atoms with Crippen LogP contribution in [-0.2, 0) is 52.5 Å². The Morgan fingerprint density at radius 3 is 1.83 bits per heavy atom. The van der Waals surface area contributed by atoms with Crippen molar-refractivity contribution in [2.24, 2.45) is 0 Å². The van der Waals surface area contributed by atoms with Crippen LogP contribution in [0, 0.1) is 0 Å². The van der Waals surface area contributed by atoms with Gasteiger partial charge in [-0.1, -0.05) is 12.1 Å². The Kier molecular flexibility index (Phi) is 10.8. The predicted octanol–water partition coefficient (Wildman–Crippen LogP) is 2.38. The van der Waals surface area contributed by atoms with Crippen molar-refractivity contribution in [2.75, 3.05) is 7.11 Å². The van der Waals surface area contributed by atoms with Crippen molar-refractivity contribution in [3.8, 4) is 28.4 Å². The minimum atomic E-state index is -1.74. The monoisotopic (exact) mass is 670 g/mol. The average molecular weight is 671 g/mol. The van der Waals surface area contributed by atoms with Crippen molar-refractivity contribution < 1.29 is 71.1 Å². The Morgan fingerprint density at radius 2 is 1.27 bits per heavy atom. The maximum Gasteiger partial charge on any atom is 0.339 e. The number of fused-ring (bicyclic) bond motifs is 1. The molecule has 5 atom stereocenters. The first-order chi connectivity index (χ1) is 22.7. The number of ether oxygens (including phenoxy) is 8. The summed E-state index contributed by atoms with van der Waals surface area (Å²) in [6.45, 7) is 5.45. The van der Waals surface area contributed by atoms with Gasteiger partial charge >= 0.3 is 35.8 Å². The normalized spacial score (nSPS) is 20.2. The molecule has 0 spiro atoms. The van der Waals surface area contributed by atoms with Gasteiger partial charge in [0, 0.05) is 46.8 Å². The number of carbonyl (C=O) groups excluding carboxylic acids is 6. The van der Waals surface area contributed by atoms with Gasteiger partial charge in [0.25, 0.3) is 0 Å². The lowest BCUT2D eigenvalue weighted by molar-refractivity contribution is -0.282. The lowest BCUT2D eigenvalue weighted by atomic mass is 9.97. The van der Waals surface area contributed by atoms with Crippen molar-refractivity contribution in [3.05, 3.63) is 52.9 Å². The number of carbonyl (C=O) groups is 6. The van der Waals surface area contributed by atoms with Crippen LogP contribution in [0.5, 0.6) is 17.2 Å². The van der Waals surface area contributed by atoms with E-state index in [0.29, 0.717) is 5.56 Å². The van der Waals surface area contributed by atoms with Crippen molar-refractivity contribution >= 4 is 46.8 Å².